The third-order valence-corrected chi connectivity index (χ3v) is 3.46. The summed E-state index contributed by atoms with van der Waals surface area (Å²) in [6, 6.07) is 3.71. The first kappa shape index (κ1) is 13.7. The lowest BCUT2D eigenvalue weighted by Gasteiger charge is -2.09. The quantitative estimate of drug-likeness (QED) is 0.815. The Bertz CT molecular complexity index is 593. The van der Waals surface area contributed by atoms with Crippen LogP contribution in [0.5, 0.6) is 0 Å². The van der Waals surface area contributed by atoms with E-state index in [0.717, 1.165) is 11.4 Å². The molecule has 0 spiro atoms. The first-order valence-electron chi connectivity index (χ1n) is 5.83. The van der Waals surface area contributed by atoms with Gasteiger partial charge in [0.25, 0.3) is 0 Å². The van der Waals surface area contributed by atoms with Gasteiger partial charge >= 0.3 is 5.97 Å². The second-order valence-electron chi connectivity index (χ2n) is 4.32. The highest BCUT2D eigenvalue weighted by atomic mass is 79.9. The Balaban J connectivity index is 2.64. The van der Waals surface area contributed by atoms with Gasteiger partial charge in [-0.25, -0.2) is 9.48 Å². The molecule has 19 heavy (non-hydrogen) atoms. The van der Waals surface area contributed by atoms with Gasteiger partial charge in [0.2, 0.25) is 0 Å². The number of aromatic nitrogens is 3. The van der Waals surface area contributed by atoms with Gasteiger partial charge in [0.05, 0.1) is 29.2 Å². The maximum Gasteiger partial charge on any atom is 0.359 e. The number of rotatable bonds is 3. The van der Waals surface area contributed by atoms with E-state index in [4.69, 9.17) is 4.74 Å². The number of nitrogens with zero attached hydrogens (tertiary/aromatic N) is 3. The average molecular weight is 324 g/mol. The van der Waals surface area contributed by atoms with Gasteiger partial charge in [0.15, 0.2) is 5.69 Å². The Kier molecular flexibility index (Phi) is 3.99. The molecule has 0 saturated heterocycles. The summed E-state index contributed by atoms with van der Waals surface area (Å²) in [4.78, 5) is 15.8. The number of carbonyl (C=O) groups excluding carboxylic acids is 1. The number of halogens is 1. The Hall–Kier alpha value is -1.69. The van der Waals surface area contributed by atoms with Crippen molar-refractivity contribution >= 4 is 21.9 Å². The van der Waals surface area contributed by atoms with Crippen molar-refractivity contribution in [3.05, 3.63) is 40.4 Å². The van der Waals surface area contributed by atoms with Crippen LogP contribution >= 0.6 is 15.9 Å². The van der Waals surface area contributed by atoms with Gasteiger partial charge in [-0.1, -0.05) is 13.8 Å². The maximum absolute atomic E-state index is 11.7. The van der Waals surface area contributed by atoms with Crippen molar-refractivity contribution in [3.8, 4) is 5.69 Å². The topological polar surface area (TPSA) is 57.0 Å². The minimum absolute atomic E-state index is 0.195. The van der Waals surface area contributed by atoms with Gasteiger partial charge in [-0.3, -0.25) is 4.98 Å². The first-order chi connectivity index (χ1) is 9.06. The summed E-state index contributed by atoms with van der Waals surface area (Å²) in [7, 11) is 1.34. The summed E-state index contributed by atoms with van der Waals surface area (Å²) in [5.41, 5.74) is 1.99. The molecular weight excluding hydrogens is 310 g/mol. The van der Waals surface area contributed by atoms with Crippen LogP contribution < -0.4 is 0 Å². The molecule has 0 amide bonds. The van der Waals surface area contributed by atoms with Gasteiger partial charge in [-0.2, -0.15) is 5.10 Å². The molecule has 2 rings (SSSR count). The van der Waals surface area contributed by atoms with Crippen LogP contribution in [0, 0.1) is 0 Å². The van der Waals surface area contributed by atoms with E-state index < -0.39 is 5.97 Å². The highest BCUT2D eigenvalue weighted by molar-refractivity contribution is 9.10. The van der Waals surface area contributed by atoms with Crippen LogP contribution in [0.15, 0.2) is 29.0 Å². The minimum atomic E-state index is -0.462. The van der Waals surface area contributed by atoms with Crippen molar-refractivity contribution in [1.82, 2.24) is 14.8 Å². The minimum Gasteiger partial charge on any atom is -0.464 e. The van der Waals surface area contributed by atoms with E-state index >= 15 is 0 Å². The third-order valence-electron chi connectivity index (χ3n) is 2.68. The molecule has 5 nitrogen and oxygen atoms in total. The number of pyridine rings is 1. The predicted octanol–water partition coefficient (Wildman–Crippen LogP) is 2.94. The molecule has 0 radical (unpaired) electrons. The molecule has 6 heteroatoms. The van der Waals surface area contributed by atoms with E-state index in [-0.39, 0.29) is 11.6 Å². The zero-order valence-corrected chi connectivity index (χ0v) is 12.5. The molecule has 0 unspecified atom stereocenters. The van der Waals surface area contributed by atoms with E-state index in [1.54, 1.807) is 17.1 Å². The van der Waals surface area contributed by atoms with Gasteiger partial charge in [-0.15, -0.1) is 0 Å². The summed E-state index contributed by atoms with van der Waals surface area (Å²) < 4.78 is 7.12. The Morgan fingerprint density at radius 3 is 2.74 bits per heavy atom. The first-order valence-corrected chi connectivity index (χ1v) is 6.62. The lowest BCUT2D eigenvalue weighted by atomic mass is 10.1. The Morgan fingerprint density at radius 2 is 2.21 bits per heavy atom. The van der Waals surface area contributed by atoms with E-state index in [2.05, 4.69) is 26.0 Å². The van der Waals surface area contributed by atoms with Crippen molar-refractivity contribution in [1.29, 1.82) is 0 Å². The predicted molar refractivity (Wildman–Crippen MR) is 74.5 cm³/mol. The van der Waals surface area contributed by atoms with E-state index in [1.165, 1.54) is 7.11 Å². The second-order valence-corrected chi connectivity index (χ2v) is 5.11. The molecule has 0 aliphatic rings. The zero-order chi connectivity index (χ0) is 14.0. The lowest BCUT2D eigenvalue weighted by molar-refractivity contribution is 0.0592. The van der Waals surface area contributed by atoms with Crippen molar-refractivity contribution in [2.45, 2.75) is 19.8 Å². The van der Waals surface area contributed by atoms with Crippen LogP contribution in [-0.2, 0) is 4.74 Å². The van der Waals surface area contributed by atoms with Crippen molar-refractivity contribution in [2.24, 2.45) is 0 Å². The fourth-order valence-corrected chi connectivity index (χ4v) is 2.68. The van der Waals surface area contributed by atoms with Crippen LogP contribution in [-0.4, -0.2) is 27.8 Å². The largest absolute Gasteiger partial charge is 0.464 e. The Morgan fingerprint density at radius 1 is 1.47 bits per heavy atom. The number of methoxy groups -OCH3 is 1. The molecule has 100 valence electrons. The number of hydrogen-bond acceptors (Lipinski definition) is 4. The third kappa shape index (κ3) is 2.53. The molecule has 0 N–H and O–H groups in total. The zero-order valence-electron chi connectivity index (χ0n) is 10.9. The van der Waals surface area contributed by atoms with Crippen LogP contribution in [0.2, 0.25) is 0 Å². The monoisotopic (exact) mass is 323 g/mol. The van der Waals surface area contributed by atoms with Crippen molar-refractivity contribution in [2.75, 3.05) is 7.11 Å². The van der Waals surface area contributed by atoms with Crippen LogP contribution in [0.4, 0.5) is 0 Å². The summed E-state index contributed by atoms with van der Waals surface area (Å²) in [6.07, 6.45) is 3.39. The molecule has 2 aromatic rings. The fourth-order valence-electron chi connectivity index (χ4n) is 1.81. The van der Waals surface area contributed by atoms with E-state index in [1.807, 2.05) is 26.0 Å². The van der Waals surface area contributed by atoms with Crippen LogP contribution in [0.3, 0.4) is 0 Å². The molecule has 2 heterocycles. The standard InChI is InChI=1S/C13H14BrN3O2/c1-8(2)12-10(14)11(13(18)19-3)16-17(12)9-5-4-6-15-7-9/h4-8H,1-3H3. The normalized spacial score (nSPS) is 10.8. The van der Waals surface area contributed by atoms with Crippen LogP contribution in [0.25, 0.3) is 5.69 Å². The van der Waals surface area contributed by atoms with Crippen LogP contribution in [0.1, 0.15) is 35.9 Å². The van der Waals surface area contributed by atoms with Gasteiger partial charge in [0.1, 0.15) is 0 Å². The van der Waals surface area contributed by atoms with Crippen molar-refractivity contribution in [3.63, 3.8) is 0 Å². The van der Waals surface area contributed by atoms with Gasteiger partial charge in [0, 0.05) is 6.20 Å². The summed E-state index contributed by atoms with van der Waals surface area (Å²) in [6.45, 7) is 4.07. The number of esters is 1. The van der Waals surface area contributed by atoms with E-state index in [0.29, 0.717) is 4.47 Å². The second kappa shape index (κ2) is 5.52. The highest BCUT2D eigenvalue weighted by Crippen LogP contribution is 2.30. The fraction of sp³-hybridized carbons (Fsp3) is 0.308. The SMILES string of the molecule is COC(=O)c1nn(-c2cccnc2)c(C(C)C)c1Br. The van der Waals surface area contributed by atoms with Gasteiger partial charge < -0.3 is 4.74 Å². The van der Waals surface area contributed by atoms with E-state index in [9.17, 15) is 4.79 Å². The number of hydrogen-bond donors (Lipinski definition) is 0. The molecule has 0 bridgehead atoms. The smallest absolute Gasteiger partial charge is 0.359 e. The molecule has 0 saturated carbocycles. The molecule has 0 aromatic carbocycles. The molecule has 2 aromatic heterocycles. The molecule has 0 aliphatic carbocycles. The van der Waals surface area contributed by atoms with Gasteiger partial charge in [-0.05, 0) is 34.0 Å². The summed E-state index contributed by atoms with van der Waals surface area (Å²) in [5.74, 6) is -0.267. The highest BCUT2D eigenvalue weighted by Gasteiger charge is 2.24. The number of ether oxygens (including phenoxy) is 1. The lowest BCUT2D eigenvalue weighted by Crippen LogP contribution is -2.06. The summed E-state index contributed by atoms with van der Waals surface area (Å²) in [5, 5.41) is 4.33. The molecule has 0 fully saturated rings. The Labute approximate surface area is 119 Å². The maximum atomic E-state index is 11.7. The summed E-state index contributed by atoms with van der Waals surface area (Å²) >= 11 is 3.44. The molecular formula is C13H14BrN3O2. The average Bonchev–Trinajstić information content (AvgIpc) is 2.76. The molecule has 0 aliphatic heterocycles. The molecule has 0 atom stereocenters. The number of carbonyl (C=O) groups is 1. The van der Waals surface area contributed by atoms with Crippen molar-refractivity contribution < 1.29 is 9.53 Å².